The summed E-state index contributed by atoms with van der Waals surface area (Å²) in [4.78, 5) is 2.44. The number of hydrogen-bond donors (Lipinski definition) is 1. The van der Waals surface area contributed by atoms with E-state index in [4.69, 9.17) is 27.6 Å². The van der Waals surface area contributed by atoms with Gasteiger partial charge in [0.05, 0.1) is 0 Å². The molecule has 1 N–H and O–H groups in total. The molecule has 0 saturated carbocycles. The number of nitrogens with one attached hydrogen (secondary N) is 1. The maximum absolute atomic E-state index is 6.57. The van der Waals surface area contributed by atoms with Crippen LogP contribution in [0.1, 0.15) is 17.5 Å². The normalized spacial score (nSPS) is 16.3. The topological polar surface area (TPSA) is 24.5 Å². The van der Waals surface area contributed by atoms with Crippen LogP contribution in [0, 0.1) is 0 Å². The number of halogens is 3. The van der Waals surface area contributed by atoms with E-state index in [0.29, 0.717) is 6.42 Å². The molecule has 3 nitrogen and oxygen atoms in total. The fourth-order valence-electron chi connectivity index (χ4n) is 2.96. The lowest BCUT2D eigenvalue weighted by Crippen LogP contribution is -2.44. The molecular weight excluding hydrogens is 439 g/mol. The zero-order chi connectivity index (χ0) is 18.5. The predicted molar refractivity (Wildman–Crippen MR) is 116 cm³/mol. The molecule has 1 aromatic carbocycles. The van der Waals surface area contributed by atoms with Gasteiger partial charge in [-0.3, -0.25) is 0 Å². The first-order valence-electron chi connectivity index (χ1n) is 8.90. The van der Waals surface area contributed by atoms with Gasteiger partial charge in [0, 0.05) is 43.8 Å². The molecule has 25 heavy (non-hydrogen) atoms. The van der Waals surface area contributed by atoms with Crippen LogP contribution in [0.5, 0.6) is 0 Å². The van der Waals surface area contributed by atoms with Gasteiger partial charge in [-0.05, 0) is 49.7 Å². The van der Waals surface area contributed by atoms with E-state index in [2.05, 4.69) is 64.0 Å². The highest BCUT2D eigenvalue weighted by molar-refractivity contribution is 9.09. The minimum absolute atomic E-state index is 0.675. The van der Waals surface area contributed by atoms with E-state index in [0.717, 1.165) is 50.1 Å². The van der Waals surface area contributed by atoms with Gasteiger partial charge < -0.3 is 14.6 Å². The Hall–Kier alpha value is 0.217. The van der Waals surface area contributed by atoms with Gasteiger partial charge >= 0.3 is 0 Å². The van der Waals surface area contributed by atoms with Gasteiger partial charge in [-0.2, -0.15) is 0 Å². The molecule has 1 saturated heterocycles. The van der Waals surface area contributed by atoms with E-state index in [9.17, 15) is 0 Å². The second kappa shape index (κ2) is 9.42. The van der Waals surface area contributed by atoms with Crippen molar-refractivity contribution in [3.8, 4) is 0 Å². The zero-order valence-corrected chi connectivity index (χ0v) is 19.5. The van der Waals surface area contributed by atoms with Gasteiger partial charge in [-0.25, -0.2) is 0 Å². The number of hydrogen-bond acceptors (Lipinski definition) is 3. The highest BCUT2D eigenvalue weighted by Crippen LogP contribution is 2.39. The fourth-order valence-corrected chi connectivity index (χ4v) is 5.15. The van der Waals surface area contributed by atoms with Gasteiger partial charge in [-0.15, -0.1) is 0 Å². The van der Waals surface area contributed by atoms with E-state index >= 15 is 0 Å². The Morgan fingerprint density at radius 2 is 1.92 bits per heavy atom. The van der Waals surface area contributed by atoms with Crippen molar-refractivity contribution in [1.29, 1.82) is 0 Å². The quantitative estimate of drug-likeness (QED) is 0.434. The monoisotopic (exact) mass is 466 g/mol. The minimum atomic E-state index is -1.51. The standard InChI is InChI=1S/C18H29BrCl2N2OSi/c1-25(2,3)24-13-6-15-14-16(18(20,21)7-8-19)4-5-17(15)23-11-9-22-10-12-23/h4-5,14,22H,6-13H2,1-3H3. The third-order valence-corrected chi connectivity index (χ3v) is 6.56. The molecule has 1 aliphatic heterocycles. The summed E-state index contributed by atoms with van der Waals surface area (Å²) in [7, 11) is -1.51. The molecular formula is C18H29BrCl2N2OSi. The average molecular weight is 468 g/mol. The zero-order valence-electron chi connectivity index (χ0n) is 15.4. The Balaban J connectivity index is 2.24. The van der Waals surface area contributed by atoms with Crippen LogP contribution in [0.3, 0.4) is 0 Å². The molecule has 1 aliphatic rings. The Kier molecular flexibility index (Phi) is 8.11. The van der Waals surface area contributed by atoms with Gasteiger partial charge in [0.2, 0.25) is 0 Å². The maximum Gasteiger partial charge on any atom is 0.183 e. The summed E-state index contributed by atoms with van der Waals surface area (Å²) in [5, 5.41) is 4.18. The summed E-state index contributed by atoms with van der Waals surface area (Å²) in [5.74, 6) is 0. The van der Waals surface area contributed by atoms with Crippen LogP contribution < -0.4 is 10.2 Å². The first kappa shape index (κ1) is 21.5. The molecule has 2 rings (SSSR count). The second-order valence-corrected chi connectivity index (χ2v) is 14.2. The molecule has 0 bridgehead atoms. The summed E-state index contributed by atoms with van der Waals surface area (Å²) in [6.45, 7) is 11.5. The molecule has 0 unspecified atom stereocenters. The molecule has 7 heteroatoms. The highest BCUT2D eigenvalue weighted by Gasteiger charge is 2.27. The molecule has 1 fully saturated rings. The van der Waals surface area contributed by atoms with Crippen molar-refractivity contribution in [3.05, 3.63) is 29.3 Å². The van der Waals surface area contributed by atoms with Crippen molar-refractivity contribution in [2.24, 2.45) is 0 Å². The van der Waals surface area contributed by atoms with Crippen LogP contribution in [0.15, 0.2) is 18.2 Å². The van der Waals surface area contributed by atoms with Crippen LogP contribution in [0.4, 0.5) is 5.69 Å². The Bertz CT molecular complexity index is 560. The van der Waals surface area contributed by atoms with Gasteiger partial charge in [0.15, 0.2) is 8.32 Å². The van der Waals surface area contributed by atoms with Crippen molar-refractivity contribution < 1.29 is 4.43 Å². The third kappa shape index (κ3) is 6.71. The van der Waals surface area contributed by atoms with E-state index in [1.165, 1.54) is 11.3 Å². The second-order valence-electron chi connectivity index (χ2n) is 7.43. The molecule has 0 radical (unpaired) electrons. The minimum Gasteiger partial charge on any atom is -0.417 e. The van der Waals surface area contributed by atoms with Crippen LogP contribution >= 0.6 is 39.1 Å². The summed E-state index contributed by atoms with van der Waals surface area (Å²) in [6, 6.07) is 6.43. The number of nitrogens with zero attached hydrogens (tertiary/aromatic N) is 1. The van der Waals surface area contributed by atoms with Crippen molar-refractivity contribution in [2.75, 3.05) is 43.0 Å². The van der Waals surface area contributed by atoms with E-state index in [-0.39, 0.29) is 0 Å². The Morgan fingerprint density at radius 3 is 2.52 bits per heavy atom. The summed E-state index contributed by atoms with van der Waals surface area (Å²) in [6.07, 6.45) is 1.56. The number of alkyl halides is 3. The van der Waals surface area contributed by atoms with Crippen molar-refractivity contribution in [1.82, 2.24) is 5.32 Å². The first-order chi connectivity index (χ1) is 11.7. The molecule has 1 heterocycles. The van der Waals surface area contributed by atoms with Gasteiger partial charge in [0.1, 0.15) is 4.33 Å². The highest BCUT2D eigenvalue weighted by atomic mass is 79.9. The van der Waals surface area contributed by atoms with Crippen LogP contribution in [0.2, 0.25) is 19.6 Å². The molecule has 0 spiro atoms. The molecule has 142 valence electrons. The average Bonchev–Trinajstić information content (AvgIpc) is 2.54. The molecule has 1 aromatic rings. The molecule has 0 amide bonds. The van der Waals surface area contributed by atoms with Crippen LogP contribution in [0.25, 0.3) is 0 Å². The first-order valence-corrected chi connectivity index (χ1v) is 14.2. The van der Waals surface area contributed by atoms with Crippen LogP contribution in [-0.4, -0.2) is 46.4 Å². The van der Waals surface area contributed by atoms with E-state index in [1.54, 1.807) is 0 Å². The largest absolute Gasteiger partial charge is 0.417 e. The lowest BCUT2D eigenvalue weighted by Gasteiger charge is -2.32. The number of benzene rings is 1. The van der Waals surface area contributed by atoms with Crippen molar-refractivity contribution in [3.63, 3.8) is 0 Å². The number of piperazine rings is 1. The van der Waals surface area contributed by atoms with Crippen molar-refractivity contribution in [2.45, 2.75) is 36.8 Å². The van der Waals surface area contributed by atoms with Crippen molar-refractivity contribution >= 4 is 53.1 Å². The lowest BCUT2D eigenvalue weighted by atomic mass is 10.0. The maximum atomic E-state index is 6.57. The van der Waals surface area contributed by atoms with Gasteiger partial charge in [0.25, 0.3) is 0 Å². The van der Waals surface area contributed by atoms with Gasteiger partial charge in [-0.1, -0.05) is 51.3 Å². The summed E-state index contributed by atoms with van der Waals surface area (Å²) >= 11 is 16.6. The summed E-state index contributed by atoms with van der Waals surface area (Å²) < 4.78 is 5.22. The third-order valence-electron chi connectivity index (χ3n) is 4.27. The number of rotatable bonds is 8. The Labute approximate surface area is 171 Å². The van der Waals surface area contributed by atoms with E-state index < -0.39 is 12.7 Å². The van der Waals surface area contributed by atoms with Crippen LogP contribution in [-0.2, 0) is 15.2 Å². The smallest absolute Gasteiger partial charge is 0.183 e. The SMILES string of the molecule is C[Si](C)(C)OCCc1cc(C(Cl)(Cl)CCBr)ccc1N1CCNCC1. The molecule has 0 aliphatic carbocycles. The fraction of sp³-hybridized carbons (Fsp3) is 0.667. The van der Waals surface area contributed by atoms with E-state index in [1.807, 2.05) is 0 Å². The Morgan fingerprint density at radius 1 is 1.24 bits per heavy atom. The predicted octanol–water partition coefficient (Wildman–Crippen LogP) is 4.91. The molecule has 0 atom stereocenters. The molecule has 0 aromatic heterocycles. The number of anilines is 1. The lowest BCUT2D eigenvalue weighted by molar-refractivity contribution is 0.316. The summed E-state index contributed by atoms with van der Waals surface area (Å²) in [5.41, 5.74) is 3.53.